The van der Waals surface area contributed by atoms with Gasteiger partial charge < -0.3 is 19.3 Å². The maximum atomic E-state index is 13.3. The molecular formula is C29H31F3N2O3. The zero-order chi connectivity index (χ0) is 26.6. The van der Waals surface area contributed by atoms with Crippen molar-refractivity contribution in [2.24, 2.45) is 0 Å². The van der Waals surface area contributed by atoms with Crippen molar-refractivity contribution in [2.45, 2.75) is 32.5 Å². The summed E-state index contributed by atoms with van der Waals surface area (Å²) in [7, 11) is 1.58. The Kier molecular flexibility index (Phi) is 7.95. The Morgan fingerprint density at radius 1 is 0.919 bits per heavy atom. The molecule has 0 aromatic heterocycles. The molecule has 0 bridgehead atoms. The average molecular weight is 513 g/mol. The molecule has 0 N–H and O–H groups in total. The van der Waals surface area contributed by atoms with Crippen LogP contribution in [0.5, 0.6) is 11.5 Å². The number of carbonyl (C=O) groups is 1. The van der Waals surface area contributed by atoms with Crippen molar-refractivity contribution in [3.63, 3.8) is 0 Å². The van der Waals surface area contributed by atoms with E-state index in [0.717, 1.165) is 29.0 Å². The molecule has 0 saturated carbocycles. The zero-order valence-electron chi connectivity index (χ0n) is 21.2. The number of para-hydroxylation sites is 1. The number of alkyl halides is 3. The summed E-state index contributed by atoms with van der Waals surface area (Å²) in [5.41, 5.74) is 2.21. The van der Waals surface area contributed by atoms with Gasteiger partial charge >= 0.3 is 6.18 Å². The number of piperazine rings is 1. The third kappa shape index (κ3) is 6.18. The molecule has 37 heavy (non-hydrogen) atoms. The Labute approximate surface area is 215 Å². The Morgan fingerprint density at radius 3 is 2.32 bits per heavy atom. The molecule has 3 aromatic rings. The fourth-order valence-electron chi connectivity index (χ4n) is 4.50. The van der Waals surface area contributed by atoms with Crippen LogP contribution in [-0.2, 0) is 12.8 Å². The van der Waals surface area contributed by atoms with E-state index >= 15 is 0 Å². The predicted octanol–water partition coefficient (Wildman–Crippen LogP) is 6.38. The van der Waals surface area contributed by atoms with Gasteiger partial charge in [0.15, 0.2) is 0 Å². The molecule has 5 nitrogen and oxygen atoms in total. The number of halogens is 3. The van der Waals surface area contributed by atoms with Gasteiger partial charge in [0.25, 0.3) is 5.91 Å². The Hall–Kier alpha value is -3.68. The van der Waals surface area contributed by atoms with Crippen LogP contribution in [0.3, 0.4) is 0 Å². The predicted molar refractivity (Wildman–Crippen MR) is 137 cm³/mol. The molecule has 3 aromatic carbocycles. The van der Waals surface area contributed by atoms with Gasteiger partial charge in [-0.05, 0) is 53.9 Å². The minimum absolute atomic E-state index is 0.129. The number of rotatable bonds is 7. The first-order chi connectivity index (χ1) is 17.7. The molecule has 1 amide bonds. The van der Waals surface area contributed by atoms with Gasteiger partial charge in [-0.15, -0.1) is 0 Å². The number of carbonyl (C=O) groups excluding carboxylic acids is 1. The quantitative estimate of drug-likeness (QED) is 0.369. The lowest BCUT2D eigenvalue weighted by Crippen LogP contribution is -2.48. The van der Waals surface area contributed by atoms with Gasteiger partial charge in [0.2, 0.25) is 0 Å². The molecular weight excluding hydrogens is 481 g/mol. The van der Waals surface area contributed by atoms with Gasteiger partial charge in [-0.25, -0.2) is 0 Å². The van der Waals surface area contributed by atoms with Crippen LogP contribution in [-0.4, -0.2) is 44.1 Å². The number of amides is 1. The lowest BCUT2D eigenvalue weighted by atomic mass is 10.0. The third-order valence-corrected chi connectivity index (χ3v) is 6.56. The minimum atomic E-state index is -4.39. The van der Waals surface area contributed by atoms with E-state index in [1.54, 1.807) is 36.3 Å². The molecule has 0 atom stereocenters. The summed E-state index contributed by atoms with van der Waals surface area (Å²) >= 11 is 0. The van der Waals surface area contributed by atoms with E-state index in [0.29, 0.717) is 49.1 Å². The van der Waals surface area contributed by atoms with Crippen LogP contribution in [0.1, 0.15) is 46.8 Å². The van der Waals surface area contributed by atoms with Gasteiger partial charge in [-0.1, -0.05) is 38.1 Å². The summed E-state index contributed by atoms with van der Waals surface area (Å²) in [4.78, 5) is 16.9. The summed E-state index contributed by atoms with van der Waals surface area (Å²) < 4.78 is 50.9. The number of methoxy groups -OCH3 is 1. The van der Waals surface area contributed by atoms with Gasteiger partial charge in [-0.2, -0.15) is 13.2 Å². The highest BCUT2D eigenvalue weighted by atomic mass is 19.4. The highest BCUT2D eigenvalue weighted by Crippen LogP contribution is 2.32. The average Bonchev–Trinajstić information content (AvgIpc) is 2.91. The van der Waals surface area contributed by atoms with Crippen LogP contribution in [0, 0.1) is 0 Å². The highest BCUT2D eigenvalue weighted by molar-refractivity contribution is 5.94. The standard InChI is InChI=1S/C29H31F3N2O3/c1-20(2)25-9-4-5-10-27(25)37-19-22-17-21(11-12-26(22)36-3)28(35)34-15-13-33(14-16-34)24-8-6-7-23(18-24)29(30,31)32/h4-12,17-18,20H,13-16,19H2,1-3H3. The Balaban J connectivity index is 1.44. The number of hydrogen-bond donors (Lipinski definition) is 0. The van der Waals surface area contributed by atoms with E-state index in [-0.39, 0.29) is 12.5 Å². The summed E-state index contributed by atoms with van der Waals surface area (Å²) in [5, 5.41) is 0. The van der Waals surface area contributed by atoms with Gasteiger partial charge in [0.05, 0.1) is 12.7 Å². The molecule has 0 aliphatic carbocycles. The Morgan fingerprint density at radius 2 is 1.65 bits per heavy atom. The number of benzene rings is 3. The van der Waals surface area contributed by atoms with Crippen LogP contribution < -0.4 is 14.4 Å². The topological polar surface area (TPSA) is 42.0 Å². The lowest BCUT2D eigenvalue weighted by molar-refractivity contribution is -0.137. The fourth-order valence-corrected chi connectivity index (χ4v) is 4.50. The maximum Gasteiger partial charge on any atom is 0.416 e. The molecule has 1 fully saturated rings. The molecule has 1 saturated heterocycles. The second-order valence-electron chi connectivity index (χ2n) is 9.34. The normalized spacial score (nSPS) is 14.1. The molecule has 1 heterocycles. The zero-order valence-corrected chi connectivity index (χ0v) is 21.2. The SMILES string of the molecule is COc1ccc(C(=O)N2CCN(c3cccc(C(F)(F)F)c3)CC2)cc1COc1ccccc1C(C)C. The molecule has 8 heteroatoms. The largest absolute Gasteiger partial charge is 0.496 e. The van der Waals surface area contributed by atoms with Crippen molar-refractivity contribution in [1.82, 2.24) is 4.90 Å². The minimum Gasteiger partial charge on any atom is -0.496 e. The number of nitrogens with zero attached hydrogens (tertiary/aromatic N) is 2. The molecule has 0 unspecified atom stereocenters. The first-order valence-corrected chi connectivity index (χ1v) is 12.3. The van der Waals surface area contributed by atoms with Gasteiger partial charge in [-0.3, -0.25) is 4.79 Å². The van der Waals surface area contributed by atoms with E-state index in [9.17, 15) is 18.0 Å². The third-order valence-electron chi connectivity index (χ3n) is 6.56. The first-order valence-electron chi connectivity index (χ1n) is 12.3. The summed E-state index contributed by atoms with van der Waals surface area (Å²) in [5.74, 6) is 1.60. The second-order valence-corrected chi connectivity index (χ2v) is 9.34. The smallest absolute Gasteiger partial charge is 0.416 e. The monoisotopic (exact) mass is 512 g/mol. The van der Waals surface area contributed by atoms with Crippen LogP contribution in [0.25, 0.3) is 0 Å². The van der Waals surface area contributed by atoms with Crippen LogP contribution in [0.2, 0.25) is 0 Å². The maximum absolute atomic E-state index is 13.3. The number of ether oxygens (including phenoxy) is 2. The summed E-state index contributed by atoms with van der Waals surface area (Å²) in [6.45, 7) is 6.18. The second kappa shape index (κ2) is 11.2. The first kappa shape index (κ1) is 26.4. The molecule has 0 spiro atoms. The fraction of sp³-hybridized carbons (Fsp3) is 0.345. The van der Waals surface area contributed by atoms with Crippen molar-refractivity contribution in [2.75, 3.05) is 38.2 Å². The summed E-state index contributed by atoms with van der Waals surface area (Å²) in [6.07, 6.45) is -4.39. The summed E-state index contributed by atoms with van der Waals surface area (Å²) in [6, 6.07) is 18.5. The van der Waals surface area contributed by atoms with E-state index in [1.807, 2.05) is 29.2 Å². The van der Waals surface area contributed by atoms with Crippen LogP contribution in [0.4, 0.5) is 18.9 Å². The molecule has 0 radical (unpaired) electrons. The molecule has 196 valence electrons. The molecule has 4 rings (SSSR count). The van der Waals surface area contributed by atoms with Crippen molar-refractivity contribution in [1.29, 1.82) is 0 Å². The number of anilines is 1. The van der Waals surface area contributed by atoms with E-state index in [4.69, 9.17) is 9.47 Å². The van der Waals surface area contributed by atoms with E-state index < -0.39 is 11.7 Å². The highest BCUT2D eigenvalue weighted by Gasteiger charge is 2.31. The van der Waals surface area contributed by atoms with Crippen molar-refractivity contribution >= 4 is 11.6 Å². The lowest BCUT2D eigenvalue weighted by Gasteiger charge is -2.36. The molecule has 1 aliphatic heterocycles. The van der Waals surface area contributed by atoms with Gasteiger partial charge in [0.1, 0.15) is 18.1 Å². The van der Waals surface area contributed by atoms with Crippen molar-refractivity contribution in [3.05, 3.63) is 89.0 Å². The van der Waals surface area contributed by atoms with E-state index in [2.05, 4.69) is 13.8 Å². The van der Waals surface area contributed by atoms with Crippen LogP contribution >= 0.6 is 0 Å². The van der Waals surface area contributed by atoms with Gasteiger partial charge in [0, 0.05) is 43.0 Å². The molecule has 1 aliphatic rings. The number of hydrogen-bond acceptors (Lipinski definition) is 4. The van der Waals surface area contributed by atoms with E-state index in [1.165, 1.54) is 6.07 Å². The van der Waals surface area contributed by atoms with Crippen molar-refractivity contribution < 1.29 is 27.4 Å². The van der Waals surface area contributed by atoms with Crippen molar-refractivity contribution in [3.8, 4) is 11.5 Å². The Bertz CT molecular complexity index is 1240. The van der Waals surface area contributed by atoms with Crippen LogP contribution in [0.15, 0.2) is 66.7 Å².